The summed E-state index contributed by atoms with van der Waals surface area (Å²) in [5.74, 6) is 1.03. The lowest BCUT2D eigenvalue weighted by molar-refractivity contribution is -0.192. The molecule has 0 radical (unpaired) electrons. The number of aromatic hydroxyl groups is 1. The van der Waals surface area contributed by atoms with Crippen molar-refractivity contribution in [1.29, 1.82) is 0 Å². The van der Waals surface area contributed by atoms with E-state index in [1.54, 1.807) is 12.1 Å². The predicted octanol–water partition coefficient (Wildman–Crippen LogP) is 2.73. The molecule has 1 saturated heterocycles. The Balaban J connectivity index is 1.52. The van der Waals surface area contributed by atoms with Gasteiger partial charge in [-0.2, -0.15) is 0 Å². The fourth-order valence-corrected chi connectivity index (χ4v) is 3.97. The maximum atomic E-state index is 9.29. The molecule has 3 atom stereocenters. The Morgan fingerprint density at radius 1 is 1.30 bits per heavy atom. The van der Waals surface area contributed by atoms with E-state index < -0.39 is 0 Å². The van der Waals surface area contributed by atoms with Gasteiger partial charge in [-0.15, -0.1) is 0 Å². The van der Waals surface area contributed by atoms with E-state index in [2.05, 4.69) is 19.2 Å². The van der Waals surface area contributed by atoms with Crippen molar-refractivity contribution in [3.63, 3.8) is 0 Å². The number of phenolic OH excluding ortho intramolecular Hbond substituents is 1. The molecule has 1 saturated carbocycles. The maximum Gasteiger partial charge on any atom is 0.115 e. The van der Waals surface area contributed by atoms with Crippen molar-refractivity contribution in [2.45, 2.75) is 45.3 Å². The summed E-state index contributed by atoms with van der Waals surface area (Å²) in [6.45, 7) is 6.56. The van der Waals surface area contributed by atoms with E-state index in [-0.39, 0.29) is 5.41 Å². The first-order valence-corrected chi connectivity index (χ1v) is 7.72. The van der Waals surface area contributed by atoms with Gasteiger partial charge in [-0.3, -0.25) is 0 Å². The highest BCUT2D eigenvalue weighted by atomic mass is 16.5. The van der Waals surface area contributed by atoms with Gasteiger partial charge >= 0.3 is 0 Å². The lowest BCUT2D eigenvalue weighted by atomic mass is 9.55. The molecule has 1 aromatic rings. The summed E-state index contributed by atoms with van der Waals surface area (Å²) in [5.41, 5.74) is 1.52. The van der Waals surface area contributed by atoms with E-state index >= 15 is 0 Å². The summed E-state index contributed by atoms with van der Waals surface area (Å²) in [4.78, 5) is 0. The molecule has 1 aliphatic heterocycles. The van der Waals surface area contributed by atoms with Crippen LogP contribution in [0.2, 0.25) is 0 Å². The smallest absolute Gasteiger partial charge is 0.115 e. The molecule has 2 fully saturated rings. The molecular weight excluding hydrogens is 250 g/mol. The average Bonchev–Trinajstić information content (AvgIpc) is 2.45. The topological polar surface area (TPSA) is 41.5 Å². The summed E-state index contributed by atoms with van der Waals surface area (Å²) >= 11 is 0. The monoisotopic (exact) mass is 275 g/mol. The molecule has 1 heterocycles. The Labute approximate surface area is 121 Å². The minimum absolute atomic E-state index is 0.250. The summed E-state index contributed by atoms with van der Waals surface area (Å²) < 4.78 is 5.93. The number of fused-ring (bicyclic) bond motifs is 1. The van der Waals surface area contributed by atoms with Crippen molar-refractivity contribution in [3.05, 3.63) is 29.8 Å². The number of hydrogen-bond acceptors (Lipinski definition) is 3. The van der Waals surface area contributed by atoms with E-state index in [1.807, 2.05) is 12.1 Å². The molecule has 20 heavy (non-hydrogen) atoms. The van der Waals surface area contributed by atoms with Gasteiger partial charge in [-0.05, 0) is 43.5 Å². The Kier molecular flexibility index (Phi) is 3.74. The van der Waals surface area contributed by atoms with Crippen molar-refractivity contribution < 1.29 is 9.84 Å². The molecule has 110 valence electrons. The van der Waals surface area contributed by atoms with Crippen LogP contribution in [0.3, 0.4) is 0 Å². The van der Waals surface area contributed by atoms with Gasteiger partial charge < -0.3 is 15.2 Å². The van der Waals surface area contributed by atoms with Crippen LogP contribution in [0, 0.1) is 11.3 Å². The highest BCUT2D eigenvalue weighted by Crippen LogP contribution is 2.51. The van der Waals surface area contributed by atoms with Crippen molar-refractivity contribution in [3.8, 4) is 5.75 Å². The van der Waals surface area contributed by atoms with Gasteiger partial charge in [0.25, 0.3) is 0 Å². The number of rotatable bonds is 4. The summed E-state index contributed by atoms with van der Waals surface area (Å²) in [7, 11) is 0. The quantitative estimate of drug-likeness (QED) is 0.888. The third kappa shape index (κ3) is 2.45. The molecule has 3 rings (SSSR count). The summed E-state index contributed by atoms with van der Waals surface area (Å²) in [5, 5.41) is 13.0. The van der Waals surface area contributed by atoms with Crippen molar-refractivity contribution in [2.75, 3.05) is 13.2 Å². The van der Waals surface area contributed by atoms with E-state index in [4.69, 9.17) is 4.74 Å². The fourth-order valence-electron chi connectivity index (χ4n) is 3.97. The number of nitrogens with one attached hydrogen (secondary N) is 1. The Hall–Kier alpha value is -1.06. The van der Waals surface area contributed by atoms with E-state index in [1.165, 1.54) is 18.4 Å². The Bertz CT molecular complexity index is 455. The van der Waals surface area contributed by atoms with E-state index in [0.717, 1.165) is 19.6 Å². The second-order valence-electron chi connectivity index (χ2n) is 6.77. The SMILES string of the molecule is CC1(C)C(NCCc2ccc(O)cc2)C2CCCOC21. The first kappa shape index (κ1) is 13.9. The molecular formula is C17H25NO2. The van der Waals surface area contributed by atoms with Crippen LogP contribution in [0.1, 0.15) is 32.3 Å². The van der Waals surface area contributed by atoms with Crippen LogP contribution in [0.5, 0.6) is 5.75 Å². The van der Waals surface area contributed by atoms with Crippen LogP contribution >= 0.6 is 0 Å². The molecule has 1 aliphatic carbocycles. The van der Waals surface area contributed by atoms with Crippen LogP contribution in [-0.2, 0) is 11.2 Å². The Morgan fingerprint density at radius 2 is 2.05 bits per heavy atom. The molecule has 0 aromatic heterocycles. The minimum atomic E-state index is 0.250. The first-order chi connectivity index (χ1) is 9.59. The van der Waals surface area contributed by atoms with Gasteiger partial charge in [0.1, 0.15) is 5.75 Å². The first-order valence-electron chi connectivity index (χ1n) is 7.72. The van der Waals surface area contributed by atoms with Crippen molar-refractivity contribution >= 4 is 0 Å². The number of phenols is 1. The lowest BCUT2D eigenvalue weighted by Gasteiger charge is -2.60. The van der Waals surface area contributed by atoms with E-state index in [0.29, 0.717) is 23.8 Å². The van der Waals surface area contributed by atoms with Gasteiger partial charge in [-0.1, -0.05) is 26.0 Å². The van der Waals surface area contributed by atoms with Crippen LogP contribution in [-0.4, -0.2) is 30.4 Å². The minimum Gasteiger partial charge on any atom is -0.508 e. The second kappa shape index (κ2) is 5.38. The third-order valence-electron chi connectivity index (χ3n) is 5.05. The molecule has 2 aliphatic rings. The molecule has 3 unspecified atom stereocenters. The Morgan fingerprint density at radius 3 is 2.80 bits per heavy atom. The molecule has 1 aromatic carbocycles. The number of hydrogen-bond donors (Lipinski definition) is 2. The second-order valence-corrected chi connectivity index (χ2v) is 6.77. The van der Waals surface area contributed by atoms with Crippen molar-refractivity contribution in [1.82, 2.24) is 5.32 Å². The van der Waals surface area contributed by atoms with E-state index in [9.17, 15) is 5.11 Å². The van der Waals surface area contributed by atoms with Gasteiger partial charge in [-0.25, -0.2) is 0 Å². The molecule has 0 bridgehead atoms. The predicted molar refractivity (Wildman–Crippen MR) is 79.8 cm³/mol. The number of benzene rings is 1. The normalized spacial score (nSPS) is 31.4. The molecule has 3 nitrogen and oxygen atoms in total. The van der Waals surface area contributed by atoms with Crippen LogP contribution in [0.25, 0.3) is 0 Å². The molecule has 0 spiro atoms. The average molecular weight is 275 g/mol. The summed E-state index contributed by atoms with van der Waals surface area (Å²) in [6.07, 6.45) is 3.95. The molecule has 3 heteroatoms. The van der Waals surface area contributed by atoms with Crippen molar-refractivity contribution in [2.24, 2.45) is 11.3 Å². The largest absolute Gasteiger partial charge is 0.508 e. The van der Waals surface area contributed by atoms with Gasteiger partial charge in [0, 0.05) is 24.0 Å². The van der Waals surface area contributed by atoms with Crippen LogP contribution in [0.15, 0.2) is 24.3 Å². The fraction of sp³-hybridized carbons (Fsp3) is 0.647. The highest BCUT2D eigenvalue weighted by Gasteiger charge is 2.57. The zero-order chi connectivity index (χ0) is 14.2. The standard InChI is InChI=1S/C17H25NO2/c1-17(2)15(14-4-3-11-20-16(14)17)18-10-9-12-5-7-13(19)8-6-12/h5-8,14-16,18-19H,3-4,9-11H2,1-2H3. The number of ether oxygens (including phenoxy) is 1. The highest BCUT2D eigenvalue weighted by molar-refractivity contribution is 5.26. The molecule has 0 amide bonds. The zero-order valence-corrected chi connectivity index (χ0v) is 12.4. The van der Waals surface area contributed by atoms with Crippen LogP contribution in [0.4, 0.5) is 0 Å². The maximum absolute atomic E-state index is 9.29. The molecule has 2 N–H and O–H groups in total. The third-order valence-corrected chi connectivity index (χ3v) is 5.05. The lowest BCUT2D eigenvalue weighted by Crippen LogP contribution is -2.69. The van der Waals surface area contributed by atoms with Crippen LogP contribution < -0.4 is 5.32 Å². The van der Waals surface area contributed by atoms with Gasteiger partial charge in [0.05, 0.1) is 6.10 Å². The summed E-state index contributed by atoms with van der Waals surface area (Å²) in [6, 6.07) is 8.08. The van der Waals surface area contributed by atoms with Gasteiger partial charge in [0.15, 0.2) is 0 Å². The zero-order valence-electron chi connectivity index (χ0n) is 12.4. The van der Waals surface area contributed by atoms with Gasteiger partial charge in [0.2, 0.25) is 0 Å².